The van der Waals surface area contributed by atoms with Crippen LogP contribution >= 0.6 is 0 Å². The van der Waals surface area contributed by atoms with Crippen LogP contribution in [0.4, 0.5) is 0 Å². The van der Waals surface area contributed by atoms with Gasteiger partial charge in [-0.2, -0.15) is 0 Å². The summed E-state index contributed by atoms with van der Waals surface area (Å²) in [5.74, 6) is 0. The third kappa shape index (κ3) is 62.7. The molecule has 0 unspecified atom stereocenters. The van der Waals surface area contributed by atoms with Crippen molar-refractivity contribution in [1.29, 1.82) is 0 Å². The van der Waals surface area contributed by atoms with Gasteiger partial charge in [-0.25, -0.2) is 0 Å². The van der Waals surface area contributed by atoms with E-state index in [9.17, 15) is 0 Å². The molecule has 3 fully saturated rings. The van der Waals surface area contributed by atoms with Crippen molar-refractivity contribution in [3.05, 3.63) is 97.2 Å². The lowest BCUT2D eigenvalue weighted by atomic mass is 9.95. The van der Waals surface area contributed by atoms with Crippen molar-refractivity contribution in [2.75, 3.05) is 59.4 Å². The molecule has 0 aromatic carbocycles. The van der Waals surface area contributed by atoms with Crippen molar-refractivity contribution in [1.82, 2.24) is 19.6 Å². The quantitative estimate of drug-likeness (QED) is 0.0444. The van der Waals surface area contributed by atoms with Gasteiger partial charge in [0, 0.05) is 44.3 Å². The Morgan fingerprint density at radius 2 is 0.479 bits per heavy atom. The van der Waals surface area contributed by atoms with Crippen molar-refractivity contribution in [2.24, 2.45) is 0 Å². The van der Waals surface area contributed by atoms with Crippen LogP contribution in [-0.2, 0) is 0 Å². The summed E-state index contributed by atoms with van der Waals surface area (Å²) in [6.45, 7) is 19.6. The van der Waals surface area contributed by atoms with Crippen LogP contribution < -0.4 is 0 Å². The first kappa shape index (κ1) is 95.8. The summed E-state index contributed by atoms with van der Waals surface area (Å²) in [7, 11) is 2.28. The first-order valence-electron chi connectivity index (χ1n) is 42.2. The summed E-state index contributed by atoms with van der Waals surface area (Å²) < 4.78 is 0. The van der Waals surface area contributed by atoms with E-state index in [1.165, 1.54) is 393 Å². The molecule has 4 nitrogen and oxygen atoms in total. The summed E-state index contributed by atoms with van der Waals surface area (Å²) in [4.78, 5) is 11.1. The molecule has 3 saturated heterocycles. The molecule has 0 aromatic heterocycles. The molecule has 0 amide bonds. The Labute approximate surface area is 606 Å². The number of likely N-dealkylation sites (tertiary alicyclic amines) is 2. The molecule has 0 atom stereocenters. The molecule has 3 heterocycles. The minimum absolute atomic E-state index is 0. The zero-order chi connectivity index (χ0) is 66.3. The summed E-state index contributed by atoms with van der Waals surface area (Å²) in [5.41, 5.74) is 0. The lowest BCUT2D eigenvalue weighted by molar-refractivity contribution is 0.0498. The highest BCUT2D eigenvalue weighted by molar-refractivity contribution is 4.96. The summed E-state index contributed by atoms with van der Waals surface area (Å²) in [5, 5.41) is 0. The zero-order valence-corrected chi connectivity index (χ0v) is 63.7. The van der Waals surface area contributed by atoms with Gasteiger partial charge in [0.2, 0.25) is 0 Å². The van der Waals surface area contributed by atoms with E-state index in [0.717, 1.165) is 43.8 Å². The fourth-order valence-electron chi connectivity index (χ4n) is 14.6. The summed E-state index contributed by atoms with van der Waals surface area (Å²) in [6.07, 6.45) is 116. The highest BCUT2D eigenvalue weighted by atomic mass is 15.3. The number of rotatable bonds is 63. The molecule has 4 heteroatoms. The molecule has 3 rings (SSSR count). The van der Waals surface area contributed by atoms with E-state index in [0.29, 0.717) is 0 Å². The van der Waals surface area contributed by atoms with E-state index in [4.69, 9.17) is 0 Å². The SMILES string of the molecule is C.C.C.CCCCC/C=C\C/C=C\CCCCCCCCC(CCCCCCCC/C=C\C/C=C\CCCCC)N1CCC(N2CCN(C)CC2)CC1.CCCCC/C=C\C/C=C\CCCCCCCCC(CCCCCCCC/C=C\C/C=C\CCCCC)N1CCCCC1. The fourth-order valence-corrected chi connectivity index (χ4v) is 14.6. The van der Waals surface area contributed by atoms with Gasteiger partial charge in [-0.1, -0.05) is 333 Å². The van der Waals surface area contributed by atoms with Gasteiger partial charge >= 0.3 is 0 Å². The Hall–Kier alpha value is -2.24. The molecule has 0 saturated carbocycles. The number of nitrogens with zero attached hydrogens (tertiary/aromatic N) is 4. The average Bonchev–Trinajstić information content (AvgIpc) is 1.42. The molecular formula is C92H176N4. The van der Waals surface area contributed by atoms with Crippen molar-refractivity contribution in [3.63, 3.8) is 0 Å². The molecule has 0 radical (unpaired) electrons. The van der Waals surface area contributed by atoms with Crippen molar-refractivity contribution < 1.29 is 0 Å². The molecule has 0 aromatic rings. The van der Waals surface area contributed by atoms with E-state index < -0.39 is 0 Å². The van der Waals surface area contributed by atoms with Crippen molar-refractivity contribution >= 4 is 0 Å². The predicted molar refractivity (Wildman–Crippen MR) is 443 cm³/mol. The van der Waals surface area contributed by atoms with Crippen LogP contribution in [0.2, 0.25) is 0 Å². The third-order valence-corrected chi connectivity index (χ3v) is 20.9. The van der Waals surface area contributed by atoms with E-state index >= 15 is 0 Å². The van der Waals surface area contributed by atoms with Crippen molar-refractivity contribution in [2.45, 2.75) is 434 Å². The maximum atomic E-state index is 2.94. The molecule has 3 aliphatic heterocycles. The maximum absolute atomic E-state index is 2.94. The van der Waals surface area contributed by atoms with Crippen molar-refractivity contribution in [3.8, 4) is 0 Å². The van der Waals surface area contributed by atoms with Gasteiger partial charge in [-0.3, -0.25) is 4.90 Å². The Bertz CT molecular complexity index is 1630. The minimum Gasteiger partial charge on any atom is -0.304 e. The normalized spacial score (nSPS) is 15.9. The van der Waals surface area contributed by atoms with Gasteiger partial charge in [0.25, 0.3) is 0 Å². The monoisotopic (exact) mass is 1340 g/mol. The minimum atomic E-state index is 0. The largest absolute Gasteiger partial charge is 0.304 e. The summed E-state index contributed by atoms with van der Waals surface area (Å²) in [6, 6.07) is 2.54. The molecule has 0 aliphatic carbocycles. The van der Waals surface area contributed by atoms with Gasteiger partial charge in [0.15, 0.2) is 0 Å². The Morgan fingerprint density at radius 3 is 0.740 bits per heavy atom. The summed E-state index contributed by atoms with van der Waals surface area (Å²) >= 11 is 0. The molecule has 96 heavy (non-hydrogen) atoms. The topological polar surface area (TPSA) is 13.0 Å². The van der Waals surface area contributed by atoms with Crippen LogP contribution in [0.1, 0.15) is 416 Å². The lowest BCUT2D eigenvalue weighted by Gasteiger charge is -2.44. The van der Waals surface area contributed by atoms with E-state index in [2.05, 4.69) is 152 Å². The smallest absolute Gasteiger partial charge is 0.0121 e. The number of piperazine rings is 1. The van der Waals surface area contributed by atoms with Crippen LogP contribution in [0.5, 0.6) is 0 Å². The van der Waals surface area contributed by atoms with Gasteiger partial charge in [-0.15, -0.1) is 0 Å². The number of allylic oxidation sites excluding steroid dienone is 16. The first-order valence-corrected chi connectivity index (χ1v) is 42.2. The Kier molecular flexibility index (Phi) is 78.3. The number of unbranched alkanes of at least 4 members (excludes halogenated alkanes) is 36. The zero-order valence-electron chi connectivity index (χ0n) is 63.7. The number of likely N-dealkylation sites (N-methyl/N-ethyl adjacent to an activating group) is 1. The predicted octanol–water partition coefficient (Wildman–Crippen LogP) is 29.6. The maximum Gasteiger partial charge on any atom is 0.0121 e. The molecule has 3 aliphatic rings. The van der Waals surface area contributed by atoms with Crippen LogP contribution in [0.25, 0.3) is 0 Å². The highest BCUT2D eigenvalue weighted by Gasteiger charge is 2.29. The van der Waals surface area contributed by atoms with E-state index in [-0.39, 0.29) is 22.3 Å². The standard InChI is InChI=1S/C47H87N3.C42H77N.3CH4/c1-4-6-8-10-12-14-16-18-20-22-24-26-28-30-32-34-36-46(49-40-38-47(39-41-49)50-44-42-48(3)43-45-50)37-35-33-31-29-27-25-23-21-19-17-15-13-11-9-7-5-2;1-3-5-7-9-11-13-15-17-19-21-23-25-27-29-31-34-38-42(43-40-36-33-37-41-43)39-35-32-30-28-26-24-22-20-18-16-14-12-10-8-6-4-2;;;/h12-15,18-21,46-47H,4-11,16-17,22-45H2,1-3H3;11-14,17-20,42H,3-10,15-16,21-41H2,1-2H3;3*1H4/b14-12-,15-13-,20-18-,21-19-;13-11-,14-12-,19-17-,20-18-;;;. The van der Waals surface area contributed by atoms with E-state index in [1.807, 2.05) is 0 Å². The van der Waals surface area contributed by atoms with Crippen LogP contribution in [-0.4, -0.2) is 97.1 Å². The van der Waals surface area contributed by atoms with Gasteiger partial charge < -0.3 is 14.7 Å². The fraction of sp³-hybridized carbons (Fsp3) is 0.826. The van der Waals surface area contributed by atoms with Gasteiger partial charge in [0.1, 0.15) is 0 Å². The second kappa shape index (κ2) is 78.5. The number of hydrogen-bond donors (Lipinski definition) is 0. The number of piperidine rings is 2. The average molecular weight is 1340 g/mol. The van der Waals surface area contributed by atoms with Crippen LogP contribution in [0.3, 0.4) is 0 Å². The third-order valence-electron chi connectivity index (χ3n) is 20.9. The number of hydrogen-bond acceptors (Lipinski definition) is 4. The molecule has 0 spiro atoms. The first-order chi connectivity index (χ1) is 46.1. The second-order valence-electron chi connectivity index (χ2n) is 29.5. The Morgan fingerprint density at radius 1 is 0.250 bits per heavy atom. The van der Waals surface area contributed by atoms with Gasteiger partial charge in [0.05, 0.1) is 0 Å². The van der Waals surface area contributed by atoms with Crippen LogP contribution in [0, 0.1) is 0 Å². The lowest BCUT2D eigenvalue weighted by Crippen LogP contribution is -2.53. The second-order valence-corrected chi connectivity index (χ2v) is 29.5. The Balaban J connectivity index is 0. The molecule has 564 valence electrons. The molecule has 0 N–H and O–H groups in total. The van der Waals surface area contributed by atoms with Gasteiger partial charge in [-0.05, 0) is 213 Å². The van der Waals surface area contributed by atoms with E-state index in [1.54, 1.807) is 0 Å². The molecular weight excluding hydrogens is 1160 g/mol. The van der Waals surface area contributed by atoms with Crippen LogP contribution in [0.15, 0.2) is 97.2 Å². The molecule has 0 bridgehead atoms. The highest BCUT2D eigenvalue weighted by Crippen LogP contribution is 2.27.